The third kappa shape index (κ3) is 5.33. The summed E-state index contributed by atoms with van der Waals surface area (Å²) in [7, 11) is 0. The Hall–Kier alpha value is -0.800. The van der Waals surface area contributed by atoms with Crippen LogP contribution < -0.4 is 5.73 Å². The van der Waals surface area contributed by atoms with E-state index in [1.165, 1.54) is 5.56 Å². The maximum Gasteiger partial charge on any atom is 0.0645 e. The van der Waals surface area contributed by atoms with Gasteiger partial charge in [-0.3, -0.25) is 0 Å². The smallest absolute Gasteiger partial charge is 0.0645 e. The zero-order valence-corrected chi connectivity index (χ0v) is 10.6. The highest BCUT2D eigenvalue weighted by atomic mass is 16.5. The molecule has 0 saturated heterocycles. The van der Waals surface area contributed by atoms with Crippen LogP contribution in [0, 0.1) is 5.92 Å². The van der Waals surface area contributed by atoms with E-state index in [1.54, 1.807) is 0 Å². The van der Waals surface area contributed by atoms with Crippen molar-refractivity contribution in [1.82, 2.24) is 4.57 Å². The molecule has 0 fully saturated rings. The van der Waals surface area contributed by atoms with Crippen molar-refractivity contribution in [3.63, 3.8) is 0 Å². The molecule has 1 aromatic rings. The van der Waals surface area contributed by atoms with Gasteiger partial charge < -0.3 is 15.0 Å². The van der Waals surface area contributed by atoms with Crippen LogP contribution in [0.15, 0.2) is 18.5 Å². The molecule has 0 aliphatic heterocycles. The van der Waals surface area contributed by atoms with E-state index in [2.05, 4.69) is 36.9 Å². The van der Waals surface area contributed by atoms with Gasteiger partial charge in [-0.05, 0) is 30.9 Å². The molecule has 0 saturated carbocycles. The van der Waals surface area contributed by atoms with E-state index < -0.39 is 0 Å². The Morgan fingerprint density at radius 2 is 2.12 bits per heavy atom. The Bertz CT molecular complexity index is 292. The molecule has 1 aromatic heterocycles. The zero-order valence-electron chi connectivity index (χ0n) is 10.6. The predicted octanol–water partition coefficient (Wildman–Crippen LogP) is 2.05. The van der Waals surface area contributed by atoms with Crippen molar-refractivity contribution in [3.05, 3.63) is 24.0 Å². The van der Waals surface area contributed by atoms with Gasteiger partial charge in [0.15, 0.2) is 0 Å². The fraction of sp³-hybridized carbons (Fsp3) is 0.692. The molecule has 0 amide bonds. The molecule has 1 atom stereocenters. The fourth-order valence-corrected chi connectivity index (χ4v) is 1.61. The molecule has 0 bridgehead atoms. The fourth-order valence-electron chi connectivity index (χ4n) is 1.61. The molecular weight excluding hydrogens is 200 g/mol. The second-order valence-corrected chi connectivity index (χ2v) is 4.91. The van der Waals surface area contributed by atoms with Crippen molar-refractivity contribution in [1.29, 1.82) is 0 Å². The monoisotopic (exact) mass is 224 g/mol. The first-order chi connectivity index (χ1) is 7.58. The van der Waals surface area contributed by atoms with Gasteiger partial charge in [-0.25, -0.2) is 0 Å². The van der Waals surface area contributed by atoms with Gasteiger partial charge in [-0.15, -0.1) is 0 Å². The first-order valence-electron chi connectivity index (χ1n) is 6.06. The number of hydrogen-bond donors (Lipinski definition) is 1. The number of nitrogens with zero attached hydrogens (tertiary/aromatic N) is 1. The van der Waals surface area contributed by atoms with Crippen LogP contribution in [0.4, 0.5) is 0 Å². The van der Waals surface area contributed by atoms with Crippen molar-refractivity contribution < 1.29 is 4.74 Å². The summed E-state index contributed by atoms with van der Waals surface area (Å²) in [5.41, 5.74) is 7.06. The van der Waals surface area contributed by atoms with Crippen LogP contribution in [0.3, 0.4) is 0 Å². The largest absolute Gasteiger partial charge is 0.379 e. The standard InChI is InChI=1S/C13H24N2O/c1-11(2)10-16-7-6-15-5-4-13(9-15)8-12(3)14/h4-5,9,11-12H,6-8,10,14H2,1-3H3. The quantitative estimate of drug-likeness (QED) is 0.720. The molecule has 0 radical (unpaired) electrons. The average molecular weight is 224 g/mol. The first kappa shape index (κ1) is 13.3. The Balaban J connectivity index is 2.24. The average Bonchev–Trinajstić information content (AvgIpc) is 2.59. The van der Waals surface area contributed by atoms with E-state index in [9.17, 15) is 0 Å². The van der Waals surface area contributed by atoms with Crippen LogP contribution in [0.25, 0.3) is 0 Å². The molecule has 1 heterocycles. The minimum absolute atomic E-state index is 0.230. The number of ether oxygens (including phenoxy) is 1. The molecule has 0 aliphatic rings. The summed E-state index contributed by atoms with van der Waals surface area (Å²) in [6.45, 7) is 8.90. The van der Waals surface area contributed by atoms with Gasteiger partial charge in [-0.2, -0.15) is 0 Å². The van der Waals surface area contributed by atoms with Crippen molar-refractivity contribution in [2.75, 3.05) is 13.2 Å². The van der Waals surface area contributed by atoms with E-state index in [0.717, 1.165) is 26.2 Å². The van der Waals surface area contributed by atoms with Crippen molar-refractivity contribution in [2.24, 2.45) is 11.7 Å². The van der Waals surface area contributed by atoms with Crippen LogP contribution >= 0.6 is 0 Å². The first-order valence-corrected chi connectivity index (χ1v) is 6.06. The molecule has 0 aromatic carbocycles. The Labute approximate surface area is 98.6 Å². The van der Waals surface area contributed by atoms with Gasteiger partial charge in [0.2, 0.25) is 0 Å². The summed E-state index contributed by atoms with van der Waals surface area (Å²) in [6, 6.07) is 2.36. The van der Waals surface area contributed by atoms with E-state index >= 15 is 0 Å². The van der Waals surface area contributed by atoms with Crippen LogP contribution in [-0.2, 0) is 17.7 Å². The number of aromatic nitrogens is 1. The lowest BCUT2D eigenvalue weighted by atomic mass is 10.1. The van der Waals surface area contributed by atoms with Crippen LogP contribution in [-0.4, -0.2) is 23.8 Å². The predicted molar refractivity (Wildman–Crippen MR) is 67.4 cm³/mol. The van der Waals surface area contributed by atoms with Gasteiger partial charge in [0, 0.05) is 31.6 Å². The Morgan fingerprint density at radius 3 is 2.75 bits per heavy atom. The molecule has 1 unspecified atom stereocenters. The summed E-state index contributed by atoms with van der Waals surface area (Å²) < 4.78 is 7.71. The number of nitrogens with two attached hydrogens (primary N) is 1. The van der Waals surface area contributed by atoms with E-state index in [0.29, 0.717) is 5.92 Å². The number of hydrogen-bond acceptors (Lipinski definition) is 2. The summed E-state index contributed by atoms with van der Waals surface area (Å²) in [5.74, 6) is 0.610. The Kier molecular flexibility index (Phi) is 5.56. The minimum Gasteiger partial charge on any atom is -0.379 e. The van der Waals surface area contributed by atoms with E-state index in [4.69, 9.17) is 10.5 Å². The minimum atomic E-state index is 0.230. The third-order valence-electron chi connectivity index (χ3n) is 2.31. The lowest BCUT2D eigenvalue weighted by molar-refractivity contribution is 0.103. The van der Waals surface area contributed by atoms with E-state index in [1.807, 2.05) is 6.92 Å². The lowest BCUT2D eigenvalue weighted by Crippen LogP contribution is -2.17. The normalized spacial score (nSPS) is 13.3. The van der Waals surface area contributed by atoms with Crippen LogP contribution in [0.1, 0.15) is 26.3 Å². The SMILES string of the molecule is CC(C)COCCn1ccc(CC(C)N)c1. The number of rotatable bonds is 7. The van der Waals surface area contributed by atoms with Gasteiger partial charge in [0.25, 0.3) is 0 Å². The molecular formula is C13H24N2O. The maximum atomic E-state index is 5.75. The molecule has 16 heavy (non-hydrogen) atoms. The van der Waals surface area contributed by atoms with E-state index in [-0.39, 0.29) is 6.04 Å². The second kappa shape index (κ2) is 6.71. The molecule has 0 aliphatic carbocycles. The second-order valence-electron chi connectivity index (χ2n) is 4.91. The zero-order chi connectivity index (χ0) is 12.0. The summed E-state index contributed by atoms with van der Waals surface area (Å²) >= 11 is 0. The third-order valence-corrected chi connectivity index (χ3v) is 2.31. The molecule has 3 nitrogen and oxygen atoms in total. The van der Waals surface area contributed by atoms with Crippen LogP contribution in [0.2, 0.25) is 0 Å². The van der Waals surface area contributed by atoms with Crippen molar-refractivity contribution >= 4 is 0 Å². The van der Waals surface area contributed by atoms with Gasteiger partial charge in [0.1, 0.15) is 0 Å². The highest BCUT2D eigenvalue weighted by Gasteiger charge is 2.00. The van der Waals surface area contributed by atoms with Gasteiger partial charge >= 0.3 is 0 Å². The Morgan fingerprint density at radius 1 is 1.38 bits per heavy atom. The summed E-state index contributed by atoms with van der Waals surface area (Å²) in [5, 5.41) is 0. The van der Waals surface area contributed by atoms with Crippen molar-refractivity contribution in [2.45, 2.75) is 39.8 Å². The summed E-state index contributed by atoms with van der Waals surface area (Å²) in [4.78, 5) is 0. The van der Waals surface area contributed by atoms with Gasteiger partial charge in [0.05, 0.1) is 6.61 Å². The van der Waals surface area contributed by atoms with Gasteiger partial charge in [-0.1, -0.05) is 13.8 Å². The molecule has 3 heteroatoms. The van der Waals surface area contributed by atoms with Crippen molar-refractivity contribution in [3.8, 4) is 0 Å². The molecule has 2 N–H and O–H groups in total. The molecule has 1 rings (SSSR count). The highest BCUT2D eigenvalue weighted by Crippen LogP contribution is 2.04. The molecule has 92 valence electrons. The highest BCUT2D eigenvalue weighted by molar-refractivity contribution is 5.11. The lowest BCUT2D eigenvalue weighted by Gasteiger charge is -2.07. The molecule has 0 spiro atoms. The van der Waals surface area contributed by atoms with Crippen LogP contribution in [0.5, 0.6) is 0 Å². The topological polar surface area (TPSA) is 40.2 Å². The summed E-state index contributed by atoms with van der Waals surface area (Å²) in [6.07, 6.45) is 5.19. The maximum absolute atomic E-state index is 5.75.